The summed E-state index contributed by atoms with van der Waals surface area (Å²) in [6, 6.07) is 9.76. The summed E-state index contributed by atoms with van der Waals surface area (Å²) in [5.41, 5.74) is 1.06. The number of esters is 2. The van der Waals surface area contributed by atoms with E-state index in [-0.39, 0.29) is 56.1 Å². The van der Waals surface area contributed by atoms with E-state index in [0.717, 1.165) is 5.56 Å². The highest BCUT2D eigenvalue weighted by atomic mass is 79.9. The molecule has 0 saturated heterocycles. The number of aliphatic hydroxyl groups excluding tert-OH is 1. The summed E-state index contributed by atoms with van der Waals surface area (Å²) in [6.07, 6.45) is -0.595. The van der Waals surface area contributed by atoms with Crippen molar-refractivity contribution in [2.75, 3.05) is 26.4 Å². The first-order chi connectivity index (χ1) is 13.3. The number of aliphatic hydroxyl groups is 1. The average Bonchev–Trinajstić information content (AvgIpc) is 2.71. The molecule has 0 aliphatic carbocycles. The van der Waals surface area contributed by atoms with Gasteiger partial charge in [-0.2, -0.15) is 0 Å². The molecule has 0 aromatic heterocycles. The van der Waals surface area contributed by atoms with Crippen molar-refractivity contribution >= 4 is 27.9 Å². The van der Waals surface area contributed by atoms with Crippen molar-refractivity contribution in [1.29, 1.82) is 0 Å². The van der Waals surface area contributed by atoms with Crippen LogP contribution in [0.4, 0.5) is 0 Å². The van der Waals surface area contributed by atoms with Crippen LogP contribution in [0.25, 0.3) is 0 Å². The minimum Gasteiger partial charge on any atom is -0.464 e. The lowest BCUT2D eigenvalue weighted by molar-refractivity contribution is -0.154. The Bertz CT molecular complexity index is 592. The van der Waals surface area contributed by atoms with E-state index in [4.69, 9.17) is 14.2 Å². The maximum absolute atomic E-state index is 12.3. The van der Waals surface area contributed by atoms with E-state index < -0.39 is 10.9 Å². The maximum Gasteiger partial charge on any atom is 0.320 e. The second kappa shape index (κ2) is 12.9. The Balaban J connectivity index is 2.35. The Morgan fingerprint density at radius 3 is 2.14 bits per heavy atom. The van der Waals surface area contributed by atoms with Gasteiger partial charge in [-0.1, -0.05) is 74.0 Å². The first-order valence-corrected chi connectivity index (χ1v) is 10.4. The number of carbonyl (C=O) groups excluding carboxylic acids is 2. The van der Waals surface area contributed by atoms with Gasteiger partial charge >= 0.3 is 11.9 Å². The minimum absolute atomic E-state index is 0.00190. The highest BCUT2D eigenvalue weighted by molar-refractivity contribution is 9.10. The zero-order valence-electron chi connectivity index (χ0n) is 17.0. The van der Waals surface area contributed by atoms with Gasteiger partial charge in [0, 0.05) is 11.8 Å². The fourth-order valence-electron chi connectivity index (χ4n) is 2.28. The summed E-state index contributed by atoms with van der Waals surface area (Å²) in [5.74, 6) is -0.971. The van der Waals surface area contributed by atoms with Crippen LogP contribution >= 0.6 is 15.9 Å². The summed E-state index contributed by atoms with van der Waals surface area (Å²) in [5, 5.41) is 9.34. The molecule has 0 bridgehead atoms. The smallest absolute Gasteiger partial charge is 0.320 e. The van der Waals surface area contributed by atoms with Crippen molar-refractivity contribution in [2.45, 2.75) is 44.5 Å². The molecule has 7 heteroatoms. The van der Waals surface area contributed by atoms with Gasteiger partial charge in [-0.25, -0.2) is 0 Å². The number of carbonyl (C=O) groups is 2. The molecule has 1 rings (SSSR count). The number of rotatable bonds is 12. The quantitative estimate of drug-likeness (QED) is 0.382. The predicted molar refractivity (Wildman–Crippen MR) is 110 cm³/mol. The summed E-state index contributed by atoms with van der Waals surface area (Å²) < 4.78 is 16.0. The molecular weight excluding hydrogens is 428 g/mol. The van der Waals surface area contributed by atoms with Crippen LogP contribution in [-0.2, 0) is 23.8 Å². The molecule has 0 aliphatic rings. The molecule has 0 aliphatic heterocycles. The number of hydrogen-bond acceptors (Lipinski definition) is 6. The Hall–Kier alpha value is -1.44. The van der Waals surface area contributed by atoms with Crippen LogP contribution in [0.5, 0.6) is 0 Å². The van der Waals surface area contributed by atoms with Crippen LogP contribution in [-0.4, -0.2) is 54.4 Å². The average molecular weight is 459 g/mol. The summed E-state index contributed by atoms with van der Waals surface area (Å²) in [4.78, 5) is 23.3. The first-order valence-electron chi connectivity index (χ1n) is 9.51. The molecule has 0 radical (unpaired) electrons. The van der Waals surface area contributed by atoms with Gasteiger partial charge in [0.05, 0.1) is 25.7 Å². The number of halogens is 1. The third-order valence-electron chi connectivity index (χ3n) is 4.20. The van der Waals surface area contributed by atoms with Crippen molar-refractivity contribution in [1.82, 2.24) is 0 Å². The SMILES string of the molecule is CC(COC(=O)C(Br)C(C)c1ccccc1)COC(CO)COC(=O)C(C)C. The van der Waals surface area contributed by atoms with E-state index in [2.05, 4.69) is 15.9 Å². The summed E-state index contributed by atoms with van der Waals surface area (Å²) >= 11 is 3.43. The Morgan fingerprint density at radius 1 is 0.964 bits per heavy atom. The summed E-state index contributed by atoms with van der Waals surface area (Å²) in [7, 11) is 0. The fourth-order valence-corrected chi connectivity index (χ4v) is 2.71. The number of hydrogen-bond donors (Lipinski definition) is 1. The molecule has 0 fully saturated rings. The molecule has 0 amide bonds. The van der Waals surface area contributed by atoms with Gasteiger partial charge in [0.2, 0.25) is 0 Å². The van der Waals surface area contributed by atoms with Gasteiger partial charge in [0.1, 0.15) is 17.5 Å². The lowest BCUT2D eigenvalue weighted by atomic mass is 9.98. The standard InChI is InChI=1S/C21H31BrO6/c1-14(2)20(24)28-13-18(10-23)26-11-15(3)12-27-21(25)19(22)16(4)17-8-6-5-7-9-17/h5-9,14-16,18-19,23H,10-13H2,1-4H3. The normalized spacial score (nSPS) is 15.5. The van der Waals surface area contributed by atoms with Crippen molar-refractivity contribution in [3.63, 3.8) is 0 Å². The Labute approximate surface area is 175 Å². The van der Waals surface area contributed by atoms with Gasteiger partial charge in [-0.05, 0) is 5.56 Å². The molecule has 4 atom stereocenters. The zero-order valence-corrected chi connectivity index (χ0v) is 18.6. The van der Waals surface area contributed by atoms with Gasteiger partial charge in [0.15, 0.2) is 0 Å². The van der Waals surface area contributed by atoms with Crippen LogP contribution in [0.2, 0.25) is 0 Å². The van der Waals surface area contributed by atoms with E-state index in [0.29, 0.717) is 0 Å². The van der Waals surface area contributed by atoms with Crippen molar-refractivity contribution in [3.05, 3.63) is 35.9 Å². The van der Waals surface area contributed by atoms with Crippen molar-refractivity contribution in [3.8, 4) is 0 Å². The molecule has 1 N–H and O–H groups in total. The molecule has 0 heterocycles. The molecular formula is C21H31BrO6. The summed E-state index contributed by atoms with van der Waals surface area (Å²) in [6.45, 7) is 7.55. The van der Waals surface area contributed by atoms with Crippen LogP contribution in [0, 0.1) is 11.8 Å². The van der Waals surface area contributed by atoms with Crippen molar-refractivity contribution < 1.29 is 28.9 Å². The van der Waals surface area contributed by atoms with Crippen LogP contribution < -0.4 is 0 Å². The maximum atomic E-state index is 12.3. The monoisotopic (exact) mass is 458 g/mol. The van der Waals surface area contributed by atoms with Crippen LogP contribution in [0.3, 0.4) is 0 Å². The molecule has 0 saturated carbocycles. The fraction of sp³-hybridized carbons (Fsp3) is 0.619. The molecule has 28 heavy (non-hydrogen) atoms. The minimum atomic E-state index is -0.595. The number of ether oxygens (including phenoxy) is 3. The zero-order chi connectivity index (χ0) is 21.1. The van der Waals surface area contributed by atoms with Gasteiger partial charge in [-0.15, -0.1) is 0 Å². The van der Waals surface area contributed by atoms with Crippen LogP contribution in [0.1, 0.15) is 39.2 Å². The topological polar surface area (TPSA) is 82.1 Å². The van der Waals surface area contributed by atoms with Crippen molar-refractivity contribution in [2.24, 2.45) is 11.8 Å². The molecule has 1 aromatic rings. The third-order valence-corrected chi connectivity index (χ3v) is 5.37. The van der Waals surface area contributed by atoms with Gasteiger partial charge in [0.25, 0.3) is 0 Å². The van der Waals surface area contributed by atoms with Gasteiger partial charge < -0.3 is 19.3 Å². The molecule has 1 aromatic carbocycles. The van der Waals surface area contributed by atoms with E-state index in [1.165, 1.54) is 0 Å². The van der Waals surface area contributed by atoms with Crippen LogP contribution in [0.15, 0.2) is 30.3 Å². The lowest BCUT2D eigenvalue weighted by Crippen LogP contribution is -2.30. The first kappa shape index (κ1) is 24.6. The van der Waals surface area contributed by atoms with E-state index in [1.807, 2.05) is 44.2 Å². The third kappa shape index (κ3) is 8.71. The highest BCUT2D eigenvalue weighted by Gasteiger charge is 2.25. The number of alkyl halides is 1. The molecule has 0 spiro atoms. The lowest BCUT2D eigenvalue weighted by Gasteiger charge is -2.21. The molecule has 4 unspecified atom stereocenters. The Kier molecular flexibility index (Phi) is 11.3. The molecule has 158 valence electrons. The largest absolute Gasteiger partial charge is 0.464 e. The van der Waals surface area contributed by atoms with E-state index in [9.17, 15) is 14.7 Å². The Morgan fingerprint density at radius 2 is 1.57 bits per heavy atom. The molecule has 6 nitrogen and oxygen atoms in total. The van der Waals surface area contributed by atoms with Gasteiger partial charge in [-0.3, -0.25) is 9.59 Å². The second-order valence-electron chi connectivity index (χ2n) is 7.26. The second-order valence-corrected chi connectivity index (χ2v) is 8.25. The van der Waals surface area contributed by atoms with E-state index >= 15 is 0 Å². The van der Waals surface area contributed by atoms with E-state index in [1.54, 1.807) is 13.8 Å². The predicted octanol–water partition coefficient (Wildman–Crippen LogP) is 3.31. The highest BCUT2D eigenvalue weighted by Crippen LogP contribution is 2.25. The number of benzene rings is 1.